The minimum absolute atomic E-state index is 0.0742. The Hall–Kier alpha value is -0.970. The summed E-state index contributed by atoms with van der Waals surface area (Å²) in [6.45, 7) is 5.47. The maximum atomic E-state index is 11.5. The Kier molecular flexibility index (Phi) is 5.26. The van der Waals surface area contributed by atoms with Crippen LogP contribution in [0.15, 0.2) is 0 Å². The van der Waals surface area contributed by atoms with E-state index < -0.39 is 17.1 Å². The van der Waals surface area contributed by atoms with Gasteiger partial charge in [-0.2, -0.15) is 0 Å². The molecule has 0 bridgehead atoms. The zero-order valence-corrected chi connectivity index (χ0v) is 11.8. The lowest BCUT2D eigenvalue weighted by Crippen LogP contribution is -2.41. The van der Waals surface area contributed by atoms with Crippen LogP contribution in [-0.4, -0.2) is 29.3 Å². The van der Waals surface area contributed by atoms with Crippen LogP contribution in [0.3, 0.4) is 0 Å². The van der Waals surface area contributed by atoms with E-state index in [2.05, 4.69) is 5.32 Å². The molecule has 0 aromatic heterocycles. The number of halogens is 1. The highest BCUT2D eigenvalue weighted by Gasteiger charge is 2.26. The fourth-order valence-electron chi connectivity index (χ4n) is 1.93. The number of hydrogen-bond donors (Lipinski definition) is 1. The molecule has 18 heavy (non-hydrogen) atoms. The van der Waals surface area contributed by atoms with Crippen LogP contribution in [0.2, 0.25) is 0 Å². The molecular formula is C12H20ClNO4. The lowest BCUT2D eigenvalue weighted by Gasteiger charge is -2.29. The zero-order valence-electron chi connectivity index (χ0n) is 11.0. The number of hydrogen-bond acceptors (Lipinski definition) is 4. The van der Waals surface area contributed by atoms with E-state index in [-0.39, 0.29) is 12.1 Å². The number of carbonyl (C=O) groups excluding carboxylic acids is 2. The molecule has 1 saturated carbocycles. The van der Waals surface area contributed by atoms with Crippen molar-refractivity contribution in [1.29, 1.82) is 0 Å². The molecule has 0 heterocycles. The van der Waals surface area contributed by atoms with E-state index in [1.165, 1.54) is 0 Å². The molecule has 1 aliphatic rings. The number of amides is 1. The Labute approximate surface area is 112 Å². The largest absolute Gasteiger partial charge is 0.450 e. The second-order valence-electron chi connectivity index (χ2n) is 5.48. The van der Waals surface area contributed by atoms with Gasteiger partial charge in [-0.1, -0.05) is 0 Å². The van der Waals surface area contributed by atoms with Crippen molar-refractivity contribution in [3.63, 3.8) is 0 Å². The molecule has 0 spiro atoms. The normalized spacial score (nSPS) is 24.2. The highest BCUT2D eigenvalue weighted by atomic mass is 35.5. The molecule has 1 N–H and O–H groups in total. The molecule has 1 amide bonds. The SMILES string of the molecule is CC(C)(C)OC(=O)N[C@H]1CC[C@H](OC(=O)Cl)CC1. The van der Waals surface area contributed by atoms with E-state index in [9.17, 15) is 9.59 Å². The summed E-state index contributed by atoms with van der Waals surface area (Å²) in [5, 5.41) is 2.81. The summed E-state index contributed by atoms with van der Waals surface area (Å²) >= 11 is 5.15. The molecule has 0 atom stereocenters. The molecular weight excluding hydrogens is 258 g/mol. The van der Waals surface area contributed by atoms with Crippen LogP contribution in [0, 0.1) is 0 Å². The van der Waals surface area contributed by atoms with Crippen LogP contribution in [0.25, 0.3) is 0 Å². The maximum absolute atomic E-state index is 11.5. The van der Waals surface area contributed by atoms with Gasteiger partial charge in [-0.3, -0.25) is 0 Å². The van der Waals surface area contributed by atoms with Gasteiger partial charge in [0.15, 0.2) is 0 Å². The van der Waals surface area contributed by atoms with Crippen molar-refractivity contribution in [3.05, 3.63) is 0 Å². The first kappa shape index (κ1) is 15.1. The van der Waals surface area contributed by atoms with Gasteiger partial charge in [0.1, 0.15) is 11.7 Å². The van der Waals surface area contributed by atoms with Gasteiger partial charge in [-0.15, -0.1) is 0 Å². The number of rotatable bonds is 2. The fourth-order valence-corrected chi connectivity index (χ4v) is 2.06. The molecule has 1 fully saturated rings. The fraction of sp³-hybridized carbons (Fsp3) is 0.833. The van der Waals surface area contributed by atoms with Crippen LogP contribution in [0.5, 0.6) is 0 Å². The van der Waals surface area contributed by atoms with Crippen LogP contribution in [0.4, 0.5) is 9.59 Å². The van der Waals surface area contributed by atoms with E-state index in [1.807, 2.05) is 20.8 Å². The molecule has 0 aromatic rings. The highest BCUT2D eigenvalue weighted by Crippen LogP contribution is 2.22. The molecule has 1 aliphatic carbocycles. The van der Waals surface area contributed by atoms with E-state index in [1.54, 1.807) is 0 Å². The second kappa shape index (κ2) is 6.27. The Morgan fingerprint density at radius 2 is 1.72 bits per heavy atom. The van der Waals surface area contributed by atoms with Crippen molar-refractivity contribution >= 4 is 23.1 Å². The predicted octanol–water partition coefficient (Wildman–Crippen LogP) is 3.20. The van der Waals surface area contributed by atoms with Crippen LogP contribution >= 0.6 is 11.6 Å². The minimum Gasteiger partial charge on any atom is -0.450 e. The number of nitrogens with one attached hydrogen (secondary N) is 1. The monoisotopic (exact) mass is 277 g/mol. The van der Waals surface area contributed by atoms with E-state index in [0.29, 0.717) is 12.8 Å². The van der Waals surface area contributed by atoms with Crippen LogP contribution in [-0.2, 0) is 9.47 Å². The van der Waals surface area contributed by atoms with Crippen molar-refractivity contribution in [2.45, 2.75) is 64.2 Å². The Morgan fingerprint density at radius 1 is 1.17 bits per heavy atom. The minimum atomic E-state index is -0.765. The predicted molar refractivity (Wildman–Crippen MR) is 67.7 cm³/mol. The summed E-state index contributed by atoms with van der Waals surface area (Å²) < 4.78 is 10.1. The average molecular weight is 278 g/mol. The molecule has 0 aliphatic heterocycles. The zero-order chi connectivity index (χ0) is 13.8. The van der Waals surface area contributed by atoms with Gasteiger partial charge < -0.3 is 14.8 Å². The average Bonchev–Trinajstić information content (AvgIpc) is 2.17. The van der Waals surface area contributed by atoms with E-state index in [4.69, 9.17) is 21.1 Å². The van der Waals surface area contributed by atoms with Gasteiger partial charge in [-0.25, -0.2) is 9.59 Å². The lowest BCUT2D eigenvalue weighted by atomic mass is 9.93. The summed E-state index contributed by atoms with van der Waals surface area (Å²) in [4.78, 5) is 22.1. The molecule has 0 radical (unpaired) electrons. The lowest BCUT2D eigenvalue weighted by molar-refractivity contribution is 0.0449. The van der Waals surface area contributed by atoms with E-state index >= 15 is 0 Å². The molecule has 0 saturated heterocycles. The number of ether oxygens (including phenoxy) is 2. The first-order valence-electron chi connectivity index (χ1n) is 6.12. The molecule has 0 unspecified atom stereocenters. The second-order valence-corrected chi connectivity index (χ2v) is 5.78. The molecule has 0 aromatic carbocycles. The van der Waals surface area contributed by atoms with Crippen molar-refractivity contribution in [1.82, 2.24) is 5.32 Å². The van der Waals surface area contributed by atoms with Crippen molar-refractivity contribution in [2.24, 2.45) is 0 Å². The third-order valence-corrected chi connectivity index (χ3v) is 2.74. The quantitative estimate of drug-likeness (QED) is 0.787. The molecule has 6 heteroatoms. The highest BCUT2D eigenvalue weighted by molar-refractivity contribution is 6.61. The van der Waals surface area contributed by atoms with Crippen molar-refractivity contribution in [3.8, 4) is 0 Å². The first-order valence-corrected chi connectivity index (χ1v) is 6.49. The van der Waals surface area contributed by atoms with Gasteiger partial charge in [0.25, 0.3) is 0 Å². The Balaban J connectivity index is 2.27. The third-order valence-electron chi connectivity index (χ3n) is 2.65. The first-order chi connectivity index (χ1) is 8.26. The van der Waals surface area contributed by atoms with Crippen LogP contribution < -0.4 is 5.32 Å². The summed E-state index contributed by atoms with van der Waals surface area (Å²) in [7, 11) is 0. The molecule has 1 rings (SSSR count). The summed E-state index contributed by atoms with van der Waals surface area (Å²) in [6.07, 6.45) is 2.40. The molecule has 104 valence electrons. The Bertz CT molecular complexity index is 306. The maximum Gasteiger partial charge on any atom is 0.407 e. The van der Waals surface area contributed by atoms with Gasteiger partial charge in [0, 0.05) is 17.6 Å². The number of alkyl carbamates (subject to hydrolysis) is 1. The summed E-state index contributed by atoms with van der Waals surface area (Å²) in [6, 6.07) is 0.0742. The van der Waals surface area contributed by atoms with Crippen molar-refractivity contribution in [2.75, 3.05) is 0 Å². The Morgan fingerprint density at radius 3 is 2.17 bits per heavy atom. The van der Waals surface area contributed by atoms with E-state index in [0.717, 1.165) is 12.8 Å². The van der Waals surface area contributed by atoms with Gasteiger partial charge in [0.2, 0.25) is 0 Å². The standard InChI is InChI=1S/C12H20ClNO4/c1-12(2,3)18-11(16)14-8-4-6-9(7-5-8)17-10(13)15/h8-9H,4-7H2,1-3H3,(H,14,16)/t8-,9-. The van der Waals surface area contributed by atoms with Crippen molar-refractivity contribution < 1.29 is 19.1 Å². The topological polar surface area (TPSA) is 64.6 Å². The summed E-state index contributed by atoms with van der Waals surface area (Å²) in [5.41, 5.74) is -1.26. The summed E-state index contributed by atoms with van der Waals surface area (Å²) in [5.74, 6) is 0. The van der Waals surface area contributed by atoms with Gasteiger partial charge in [-0.05, 0) is 46.5 Å². The number of carbonyl (C=O) groups is 2. The molecule has 5 nitrogen and oxygen atoms in total. The third kappa shape index (κ3) is 6.10. The van der Waals surface area contributed by atoms with Crippen LogP contribution in [0.1, 0.15) is 46.5 Å². The smallest absolute Gasteiger partial charge is 0.407 e. The van der Waals surface area contributed by atoms with Gasteiger partial charge >= 0.3 is 11.5 Å². The van der Waals surface area contributed by atoms with Gasteiger partial charge in [0.05, 0.1) is 0 Å².